The zero-order valence-electron chi connectivity index (χ0n) is 9.67. The second kappa shape index (κ2) is 3.75. The Morgan fingerprint density at radius 3 is 2.72 bits per heavy atom. The van der Waals surface area contributed by atoms with Gasteiger partial charge >= 0.3 is 6.18 Å². The Labute approximate surface area is 102 Å². The first-order valence-corrected chi connectivity index (χ1v) is 5.93. The Bertz CT molecular complexity index is 598. The third-order valence-corrected chi connectivity index (χ3v) is 3.51. The van der Waals surface area contributed by atoms with E-state index in [-0.39, 0.29) is 6.17 Å². The topological polar surface area (TPSA) is 30.9 Å². The van der Waals surface area contributed by atoms with E-state index in [2.05, 4.69) is 0 Å². The van der Waals surface area contributed by atoms with Gasteiger partial charge in [-0.25, -0.2) is 0 Å². The number of hydrogen-bond donors (Lipinski definition) is 1. The summed E-state index contributed by atoms with van der Waals surface area (Å²) in [7, 11) is 0. The van der Waals surface area contributed by atoms with Gasteiger partial charge in [-0.2, -0.15) is 13.2 Å². The molecule has 2 N–H and O–H groups in total. The number of hydrogen-bond acceptors (Lipinski definition) is 1. The second-order valence-corrected chi connectivity index (χ2v) is 4.74. The van der Waals surface area contributed by atoms with Crippen molar-refractivity contribution in [3.63, 3.8) is 0 Å². The highest BCUT2D eigenvalue weighted by Gasteiger charge is 2.31. The van der Waals surface area contributed by atoms with Gasteiger partial charge in [0, 0.05) is 5.69 Å². The lowest BCUT2D eigenvalue weighted by Gasteiger charge is -2.23. The highest BCUT2D eigenvalue weighted by molar-refractivity contribution is 5.82. The monoisotopic (exact) mass is 254 g/mol. The fourth-order valence-electron chi connectivity index (χ4n) is 2.66. The molecule has 1 atom stereocenters. The van der Waals surface area contributed by atoms with E-state index in [9.17, 15) is 13.2 Å². The predicted octanol–water partition coefficient (Wildman–Crippen LogP) is 3.45. The van der Waals surface area contributed by atoms with E-state index in [1.54, 1.807) is 0 Å². The van der Waals surface area contributed by atoms with Crippen molar-refractivity contribution in [3.8, 4) is 0 Å². The predicted molar refractivity (Wildman–Crippen MR) is 63.1 cm³/mol. The molecule has 5 heteroatoms. The summed E-state index contributed by atoms with van der Waals surface area (Å²) in [5, 5.41) is 0.829. The molecule has 0 fully saturated rings. The van der Waals surface area contributed by atoms with Crippen molar-refractivity contribution < 1.29 is 13.2 Å². The van der Waals surface area contributed by atoms with Gasteiger partial charge in [0.25, 0.3) is 0 Å². The van der Waals surface area contributed by atoms with Crippen molar-refractivity contribution in [2.24, 2.45) is 5.73 Å². The second-order valence-electron chi connectivity index (χ2n) is 4.74. The third-order valence-electron chi connectivity index (χ3n) is 3.51. The summed E-state index contributed by atoms with van der Waals surface area (Å²) in [4.78, 5) is 0. The molecule has 1 aliphatic rings. The van der Waals surface area contributed by atoms with Crippen molar-refractivity contribution in [3.05, 3.63) is 35.5 Å². The molecule has 2 nitrogen and oxygen atoms in total. The molecule has 0 aliphatic carbocycles. The molecule has 0 saturated heterocycles. The first kappa shape index (κ1) is 11.6. The lowest BCUT2D eigenvalue weighted by atomic mass is 10.1. The van der Waals surface area contributed by atoms with E-state index in [1.807, 2.05) is 10.6 Å². The van der Waals surface area contributed by atoms with Gasteiger partial charge in [0.1, 0.15) is 0 Å². The maximum atomic E-state index is 12.7. The average Bonchev–Trinajstić information content (AvgIpc) is 2.66. The summed E-state index contributed by atoms with van der Waals surface area (Å²) in [5.74, 6) is 0. The fraction of sp³-hybridized carbons (Fsp3) is 0.385. The van der Waals surface area contributed by atoms with Crippen LogP contribution in [0.4, 0.5) is 13.2 Å². The number of aryl methyl sites for hydroxylation is 1. The highest BCUT2D eigenvalue weighted by atomic mass is 19.4. The van der Waals surface area contributed by atoms with Gasteiger partial charge in [-0.1, -0.05) is 6.07 Å². The minimum atomic E-state index is -4.31. The van der Waals surface area contributed by atoms with Gasteiger partial charge in [0.05, 0.1) is 17.2 Å². The molecule has 1 aliphatic heterocycles. The summed E-state index contributed by atoms with van der Waals surface area (Å²) in [5.41, 5.74) is 7.00. The lowest BCUT2D eigenvalue weighted by molar-refractivity contribution is -0.137. The van der Waals surface area contributed by atoms with Crippen molar-refractivity contribution in [1.29, 1.82) is 0 Å². The molecule has 0 bridgehead atoms. The Kier molecular flexibility index (Phi) is 2.41. The summed E-state index contributed by atoms with van der Waals surface area (Å²) in [6.07, 6.45) is -1.84. The molecular weight excluding hydrogens is 241 g/mol. The number of aromatic nitrogens is 1. The zero-order valence-corrected chi connectivity index (χ0v) is 9.67. The van der Waals surface area contributed by atoms with Gasteiger partial charge in [0.15, 0.2) is 0 Å². The molecule has 0 radical (unpaired) electrons. The molecule has 0 saturated carbocycles. The summed E-state index contributed by atoms with van der Waals surface area (Å²) < 4.78 is 40.0. The molecule has 96 valence electrons. The van der Waals surface area contributed by atoms with Gasteiger partial charge in [-0.05, 0) is 42.8 Å². The SMILES string of the molecule is NC1CCCc2cc3ccc(C(F)(F)F)cc3n21. The first-order valence-electron chi connectivity index (χ1n) is 5.93. The fourth-order valence-corrected chi connectivity index (χ4v) is 2.66. The number of fused-ring (bicyclic) bond motifs is 3. The highest BCUT2D eigenvalue weighted by Crippen LogP contribution is 2.35. The molecule has 2 heterocycles. The summed E-state index contributed by atoms with van der Waals surface area (Å²) >= 11 is 0. The van der Waals surface area contributed by atoms with Crippen LogP contribution in [0.15, 0.2) is 24.3 Å². The van der Waals surface area contributed by atoms with Crippen LogP contribution in [0.25, 0.3) is 10.9 Å². The maximum absolute atomic E-state index is 12.7. The van der Waals surface area contributed by atoms with E-state index in [4.69, 9.17) is 5.73 Å². The summed E-state index contributed by atoms with van der Waals surface area (Å²) in [6, 6.07) is 5.79. The van der Waals surface area contributed by atoms with Crippen LogP contribution in [0.2, 0.25) is 0 Å². The van der Waals surface area contributed by atoms with E-state index < -0.39 is 11.7 Å². The molecule has 0 spiro atoms. The first-order chi connectivity index (χ1) is 8.47. The Balaban J connectivity index is 2.24. The Hall–Kier alpha value is -1.49. The maximum Gasteiger partial charge on any atom is 0.416 e. The molecule has 0 amide bonds. The van der Waals surface area contributed by atoms with Crippen molar-refractivity contribution in [2.75, 3.05) is 0 Å². The Morgan fingerprint density at radius 1 is 1.22 bits per heavy atom. The number of benzene rings is 1. The minimum absolute atomic E-state index is 0.213. The molecule has 1 aromatic carbocycles. The lowest BCUT2D eigenvalue weighted by Crippen LogP contribution is -2.24. The van der Waals surface area contributed by atoms with Crippen LogP contribution in [0.1, 0.15) is 30.3 Å². The van der Waals surface area contributed by atoms with E-state index in [1.165, 1.54) is 12.1 Å². The minimum Gasteiger partial charge on any atom is -0.329 e. The van der Waals surface area contributed by atoms with Crippen LogP contribution < -0.4 is 5.73 Å². The Morgan fingerprint density at radius 2 is 2.00 bits per heavy atom. The van der Waals surface area contributed by atoms with Crippen molar-refractivity contribution in [2.45, 2.75) is 31.6 Å². The standard InChI is InChI=1S/C13H13F3N2/c14-13(15,16)9-5-4-8-6-10-2-1-3-12(17)18(10)11(8)7-9/h4-7,12H,1-3,17H2. The van der Waals surface area contributed by atoms with E-state index in [0.29, 0.717) is 5.52 Å². The molecule has 2 aromatic rings. The van der Waals surface area contributed by atoms with Crippen LogP contribution in [0, 0.1) is 0 Å². The number of alkyl halides is 3. The largest absolute Gasteiger partial charge is 0.416 e. The normalized spacial score (nSPS) is 20.1. The number of halogens is 3. The van der Waals surface area contributed by atoms with Crippen LogP contribution in [0.3, 0.4) is 0 Å². The zero-order chi connectivity index (χ0) is 12.9. The van der Waals surface area contributed by atoms with Gasteiger partial charge < -0.3 is 10.3 Å². The molecule has 3 rings (SSSR count). The van der Waals surface area contributed by atoms with Crippen molar-refractivity contribution >= 4 is 10.9 Å². The molecular formula is C13H13F3N2. The van der Waals surface area contributed by atoms with Gasteiger partial charge in [-0.15, -0.1) is 0 Å². The van der Waals surface area contributed by atoms with Crippen LogP contribution in [-0.4, -0.2) is 4.57 Å². The smallest absolute Gasteiger partial charge is 0.329 e. The van der Waals surface area contributed by atoms with Gasteiger partial charge in [0.2, 0.25) is 0 Å². The quantitative estimate of drug-likeness (QED) is 0.767. The molecule has 18 heavy (non-hydrogen) atoms. The number of nitrogens with two attached hydrogens (primary N) is 1. The van der Waals surface area contributed by atoms with Crippen LogP contribution in [-0.2, 0) is 12.6 Å². The average molecular weight is 254 g/mol. The van der Waals surface area contributed by atoms with E-state index >= 15 is 0 Å². The van der Waals surface area contributed by atoms with Crippen LogP contribution >= 0.6 is 0 Å². The number of nitrogens with zero attached hydrogens (tertiary/aromatic N) is 1. The van der Waals surface area contributed by atoms with Crippen molar-refractivity contribution in [1.82, 2.24) is 4.57 Å². The summed E-state index contributed by atoms with van der Waals surface area (Å²) in [6.45, 7) is 0. The van der Waals surface area contributed by atoms with E-state index in [0.717, 1.165) is 36.4 Å². The third kappa shape index (κ3) is 1.70. The van der Waals surface area contributed by atoms with Crippen LogP contribution in [0.5, 0.6) is 0 Å². The number of rotatable bonds is 0. The molecule has 1 unspecified atom stereocenters. The van der Waals surface area contributed by atoms with Gasteiger partial charge in [-0.3, -0.25) is 0 Å². The molecule has 1 aromatic heterocycles.